The fourth-order valence-electron chi connectivity index (χ4n) is 3.82. The van der Waals surface area contributed by atoms with Gasteiger partial charge in [-0.3, -0.25) is 9.59 Å². The van der Waals surface area contributed by atoms with Crippen molar-refractivity contribution in [1.29, 1.82) is 0 Å². The summed E-state index contributed by atoms with van der Waals surface area (Å²) in [5.74, 6) is 1.27. The van der Waals surface area contributed by atoms with Crippen molar-refractivity contribution in [3.8, 4) is 17.2 Å². The van der Waals surface area contributed by atoms with E-state index in [0.29, 0.717) is 47.3 Å². The van der Waals surface area contributed by atoms with Crippen molar-refractivity contribution in [1.82, 2.24) is 0 Å². The molecule has 7 heteroatoms. The Morgan fingerprint density at radius 3 is 2.56 bits per heavy atom. The van der Waals surface area contributed by atoms with Gasteiger partial charge < -0.3 is 23.9 Å². The number of carbonyl (C=O) groups is 2. The zero-order valence-electron chi connectivity index (χ0n) is 17.5. The monoisotopic (exact) mass is 431 g/mol. The fourth-order valence-corrected chi connectivity index (χ4v) is 3.82. The van der Waals surface area contributed by atoms with Crippen LogP contribution in [0.25, 0.3) is 21.9 Å². The van der Waals surface area contributed by atoms with Gasteiger partial charge in [-0.1, -0.05) is 18.2 Å². The number of fused-ring (bicyclic) bond motifs is 4. The second-order valence-corrected chi connectivity index (χ2v) is 7.48. The Labute approximate surface area is 183 Å². The summed E-state index contributed by atoms with van der Waals surface area (Å²) in [4.78, 5) is 25.1. The molecular formula is C25H21NO6. The average molecular weight is 431 g/mol. The smallest absolute Gasteiger partial charge is 0.224 e. The van der Waals surface area contributed by atoms with Crippen LogP contribution in [0.4, 0.5) is 5.69 Å². The lowest BCUT2D eigenvalue weighted by Gasteiger charge is -2.18. The third-order valence-corrected chi connectivity index (χ3v) is 5.42. The molecule has 0 fully saturated rings. The van der Waals surface area contributed by atoms with E-state index in [1.54, 1.807) is 31.4 Å². The van der Waals surface area contributed by atoms with Crippen LogP contribution >= 0.6 is 0 Å². The number of ketones is 1. The molecule has 3 aromatic carbocycles. The topological polar surface area (TPSA) is 87.0 Å². The summed E-state index contributed by atoms with van der Waals surface area (Å²) >= 11 is 0. The number of methoxy groups -OCH3 is 1. The van der Waals surface area contributed by atoms with Crippen molar-refractivity contribution in [2.75, 3.05) is 25.6 Å². The largest absolute Gasteiger partial charge is 0.495 e. The highest BCUT2D eigenvalue weighted by Crippen LogP contribution is 2.36. The summed E-state index contributed by atoms with van der Waals surface area (Å²) in [6.45, 7) is 0.939. The number of para-hydroxylation sites is 1. The Bertz CT molecular complexity index is 1340. The van der Waals surface area contributed by atoms with E-state index in [0.717, 1.165) is 16.4 Å². The van der Waals surface area contributed by atoms with Crippen molar-refractivity contribution in [2.24, 2.45) is 0 Å². The highest BCUT2D eigenvalue weighted by atomic mass is 16.6. The Balaban J connectivity index is 1.29. The molecule has 162 valence electrons. The zero-order valence-corrected chi connectivity index (χ0v) is 17.5. The van der Waals surface area contributed by atoms with E-state index in [1.165, 1.54) is 0 Å². The third-order valence-electron chi connectivity index (χ3n) is 5.42. The Morgan fingerprint density at radius 1 is 0.906 bits per heavy atom. The van der Waals surface area contributed by atoms with Crippen LogP contribution in [0.15, 0.2) is 59.0 Å². The van der Waals surface area contributed by atoms with Gasteiger partial charge in [-0.15, -0.1) is 0 Å². The summed E-state index contributed by atoms with van der Waals surface area (Å²) in [7, 11) is 1.55. The molecule has 0 aliphatic carbocycles. The van der Waals surface area contributed by atoms with Crippen molar-refractivity contribution in [3.63, 3.8) is 0 Å². The Hall–Kier alpha value is -4.00. The molecule has 7 nitrogen and oxygen atoms in total. The second-order valence-electron chi connectivity index (χ2n) is 7.48. The van der Waals surface area contributed by atoms with Crippen LogP contribution in [-0.2, 0) is 4.79 Å². The zero-order chi connectivity index (χ0) is 22.1. The number of amides is 1. The minimum atomic E-state index is -0.287. The van der Waals surface area contributed by atoms with E-state index in [1.807, 2.05) is 30.3 Å². The van der Waals surface area contributed by atoms with Gasteiger partial charge in [0.1, 0.15) is 30.1 Å². The van der Waals surface area contributed by atoms with Gasteiger partial charge in [0.2, 0.25) is 5.91 Å². The van der Waals surface area contributed by atoms with Crippen LogP contribution in [-0.4, -0.2) is 32.0 Å². The molecule has 1 aliphatic rings. The summed E-state index contributed by atoms with van der Waals surface area (Å²) in [6.07, 6.45) is 0.106. The first-order chi connectivity index (χ1) is 15.6. The van der Waals surface area contributed by atoms with Crippen molar-refractivity contribution in [3.05, 3.63) is 60.2 Å². The number of benzene rings is 3. The molecule has 0 saturated heterocycles. The van der Waals surface area contributed by atoms with Gasteiger partial charge in [-0.05, 0) is 30.3 Å². The number of rotatable bonds is 6. The summed E-state index contributed by atoms with van der Waals surface area (Å²) < 4.78 is 22.4. The molecule has 1 aromatic heterocycles. The molecule has 0 saturated carbocycles. The summed E-state index contributed by atoms with van der Waals surface area (Å²) in [6, 6.07) is 16.4. The normalized spacial score (nSPS) is 12.7. The van der Waals surface area contributed by atoms with Crippen LogP contribution in [0.5, 0.6) is 17.2 Å². The molecule has 4 aromatic rings. The molecule has 0 bridgehead atoms. The minimum absolute atomic E-state index is 0.0363. The second kappa shape index (κ2) is 8.26. The van der Waals surface area contributed by atoms with Crippen LogP contribution in [0, 0.1) is 0 Å². The maximum atomic E-state index is 12.6. The first-order valence-electron chi connectivity index (χ1n) is 10.3. The quantitative estimate of drug-likeness (QED) is 0.434. The van der Waals surface area contributed by atoms with E-state index < -0.39 is 0 Å². The third kappa shape index (κ3) is 3.73. The number of Topliss-reactive ketones (excluding diaryl/α,β-unsaturated/α-hetero) is 1. The van der Waals surface area contributed by atoms with Gasteiger partial charge >= 0.3 is 0 Å². The maximum absolute atomic E-state index is 12.6. The first-order valence-corrected chi connectivity index (χ1v) is 10.3. The van der Waals surface area contributed by atoms with Gasteiger partial charge in [0, 0.05) is 35.2 Å². The number of nitrogens with one attached hydrogen (secondary N) is 1. The molecule has 0 unspecified atom stereocenters. The molecule has 0 spiro atoms. The van der Waals surface area contributed by atoms with Crippen molar-refractivity contribution < 1.29 is 28.2 Å². The van der Waals surface area contributed by atoms with E-state index in [9.17, 15) is 9.59 Å². The highest BCUT2D eigenvalue weighted by molar-refractivity contribution is 6.08. The average Bonchev–Trinajstić information content (AvgIpc) is 3.19. The first kappa shape index (κ1) is 19.9. The number of furan rings is 1. The van der Waals surface area contributed by atoms with Gasteiger partial charge in [0.25, 0.3) is 0 Å². The predicted molar refractivity (Wildman–Crippen MR) is 120 cm³/mol. The number of carbonyl (C=O) groups excluding carboxylic acids is 2. The molecule has 32 heavy (non-hydrogen) atoms. The number of ether oxygens (including phenoxy) is 3. The molecule has 1 aliphatic heterocycles. The van der Waals surface area contributed by atoms with Crippen LogP contribution < -0.4 is 19.5 Å². The molecule has 0 atom stereocenters. The predicted octanol–water partition coefficient (Wildman–Crippen LogP) is 4.97. The standard InChI is InChI=1S/C25H21NO6/c1-29-23-13-17-16-4-2-3-5-20(16)32-22(17)14-18(23)26-25(28)9-7-19(27)15-6-8-21-24(12-15)31-11-10-30-21/h2-6,8,12-14H,7,9-11H2,1H3,(H,26,28). The van der Waals surface area contributed by atoms with Crippen molar-refractivity contribution >= 4 is 39.3 Å². The van der Waals surface area contributed by atoms with Crippen LogP contribution in [0.1, 0.15) is 23.2 Å². The number of hydrogen-bond donors (Lipinski definition) is 1. The molecule has 2 heterocycles. The van der Waals surface area contributed by atoms with Gasteiger partial charge in [-0.2, -0.15) is 0 Å². The summed E-state index contributed by atoms with van der Waals surface area (Å²) in [5.41, 5.74) is 2.40. The SMILES string of the molecule is COc1cc2c(cc1NC(=O)CCC(=O)c1ccc3c(c1)OCCO3)oc1ccccc12. The van der Waals surface area contributed by atoms with Gasteiger partial charge in [-0.25, -0.2) is 0 Å². The van der Waals surface area contributed by atoms with Crippen LogP contribution in [0.3, 0.4) is 0 Å². The maximum Gasteiger partial charge on any atom is 0.224 e. The molecule has 1 N–H and O–H groups in total. The fraction of sp³-hybridized carbons (Fsp3) is 0.200. The Kier molecular flexibility index (Phi) is 5.15. The molecular weight excluding hydrogens is 410 g/mol. The van der Waals surface area contributed by atoms with Gasteiger partial charge in [0.05, 0.1) is 12.8 Å². The highest BCUT2D eigenvalue weighted by Gasteiger charge is 2.17. The van der Waals surface area contributed by atoms with E-state index >= 15 is 0 Å². The molecule has 5 rings (SSSR count). The lowest BCUT2D eigenvalue weighted by molar-refractivity contribution is -0.116. The molecule has 1 amide bonds. The molecule has 0 radical (unpaired) electrons. The number of anilines is 1. The number of hydrogen-bond acceptors (Lipinski definition) is 6. The van der Waals surface area contributed by atoms with E-state index in [2.05, 4.69) is 5.32 Å². The lowest BCUT2D eigenvalue weighted by Crippen LogP contribution is -2.16. The Morgan fingerprint density at radius 2 is 1.72 bits per heavy atom. The van der Waals surface area contributed by atoms with E-state index in [4.69, 9.17) is 18.6 Å². The van der Waals surface area contributed by atoms with E-state index in [-0.39, 0.29) is 24.5 Å². The van der Waals surface area contributed by atoms with Gasteiger partial charge in [0.15, 0.2) is 17.3 Å². The minimum Gasteiger partial charge on any atom is -0.495 e. The van der Waals surface area contributed by atoms with Crippen LogP contribution in [0.2, 0.25) is 0 Å². The van der Waals surface area contributed by atoms with Crippen molar-refractivity contribution in [2.45, 2.75) is 12.8 Å². The lowest BCUT2D eigenvalue weighted by atomic mass is 10.1. The summed E-state index contributed by atoms with van der Waals surface area (Å²) in [5, 5.41) is 4.72.